The van der Waals surface area contributed by atoms with E-state index in [1.54, 1.807) is 6.07 Å². The van der Waals surface area contributed by atoms with Crippen molar-refractivity contribution in [2.24, 2.45) is 5.73 Å². The van der Waals surface area contributed by atoms with Gasteiger partial charge in [-0.3, -0.25) is 9.59 Å². The van der Waals surface area contributed by atoms with Crippen LogP contribution in [0.1, 0.15) is 22.8 Å². The Morgan fingerprint density at radius 3 is 2.58 bits per heavy atom. The van der Waals surface area contributed by atoms with Crippen LogP contribution in [0.2, 0.25) is 0 Å². The molecule has 0 saturated heterocycles. The highest BCUT2D eigenvalue weighted by Crippen LogP contribution is 2.40. The first-order chi connectivity index (χ1) is 8.78. The molecule has 0 fully saturated rings. The minimum atomic E-state index is -4.12. The zero-order chi connectivity index (χ0) is 14.4. The molecule has 0 unspecified atom stereocenters. The summed E-state index contributed by atoms with van der Waals surface area (Å²) in [5.41, 5.74) is 6.01. The summed E-state index contributed by atoms with van der Waals surface area (Å²) in [7, 11) is -4.12. The van der Waals surface area contributed by atoms with Gasteiger partial charge in [-0.25, -0.2) is 8.42 Å². The number of aryl methyl sites for hydroxylation is 1. The van der Waals surface area contributed by atoms with Crippen LogP contribution in [0.5, 0.6) is 0 Å². The number of carbonyl (C=O) groups excluding carboxylic acids is 2. The van der Waals surface area contributed by atoms with Crippen LogP contribution in [0.4, 0.5) is 0 Å². The number of thioether (sulfide) groups is 1. The van der Waals surface area contributed by atoms with Crippen LogP contribution in [0.3, 0.4) is 0 Å². The summed E-state index contributed by atoms with van der Waals surface area (Å²) < 4.78 is 24.0. The SMILES string of the molecule is C=C1Sc2cc(CC)c(C(N)=O)cc2S(=O)(=O)C1=O. The summed E-state index contributed by atoms with van der Waals surface area (Å²) in [6, 6.07) is 2.76. The summed E-state index contributed by atoms with van der Waals surface area (Å²) in [5.74, 6) is -0.711. The zero-order valence-electron chi connectivity index (χ0n) is 10.1. The van der Waals surface area contributed by atoms with Gasteiger partial charge in [-0.2, -0.15) is 0 Å². The minimum absolute atomic E-state index is 0.0404. The molecule has 5 nitrogen and oxygen atoms in total. The number of sulfone groups is 1. The van der Waals surface area contributed by atoms with Crippen LogP contribution in [-0.2, 0) is 21.1 Å². The van der Waals surface area contributed by atoms with Gasteiger partial charge in [0.05, 0.1) is 9.80 Å². The van der Waals surface area contributed by atoms with Gasteiger partial charge in [0.1, 0.15) is 0 Å². The van der Waals surface area contributed by atoms with Crippen LogP contribution in [0.15, 0.2) is 33.4 Å². The number of primary amides is 1. The van der Waals surface area contributed by atoms with Crippen molar-refractivity contribution in [2.75, 3.05) is 0 Å². The van der Waals surface area contributed by atoms with E-state index >= 15 is 0 Å². The Hall–Kier alpha value is -1.60. The number of hydrogen-bond donors (Lipinski definition) is 1. The Kier molecular flexibility index (Phi) is 3.27. The van der Waals surface area contributed by atoms with Crippen molar-refractivity contribution in [2.45, 2.75) is 23.1 Å². The Morgan fingerprint density at radius 1 is 1.42 bits per heavy atom. The van der Waals surface area contributed by atoms with E-state index in [0.717, 1.165) is 11.8 Å². The highest BCUT2D eigenvalue weighted by molar-refractivity contribution is 8.14. The van der Waals surface area contributed by atoms with Gasteiger partial charge in [0, 0.05) is 10.5 Å². The molecule has 1 heterocycles. The number of fused-ring (bicyclic) bond motifs is 1. The fraction of sp³-hybridized carbons (Fsp3) is 0.167. The summed E-state index contributed by atoms with van der Waals surface area (Å²) in [6.07, 6.45) is 0.534. The summed E-state index contributed by atoms with van der Waals surface area (Å²) in [6.45, 7) is 5.27. The number of hydrogen-bond acceptors (Lipinski definition) is 5. The standard InChI is InChI=1S/C12H11NO4S2/c1-3-7-4-9-10(5-8(7)11(13)14)19(16,17)12(15)6(2)18-9/h4-5H,2-3H2,1H3,(H2,13,14). The van der Waals surface area contributed by atoms with Crippen LogP contribution in [-0.4, -0.2) is 19.4 Å². The Balaban J connectivity index is 2.80. The molecule has 1 aliphatic heterocycles. The molecule has 7 heteroatoms. The van der Waals surface area contributed by atoms with Crippen LogP contribution in [0.25, 0.3) is 0 Å². The van der Waals surface area contributed by atoms with Crippen molar-refractivity contribution in [1.29, 1.82) is 0 Å². The van der Waals surface area contributed by atoms with Gasteiger partial charge in [-0.05, 0) is 24.1 Å². The molecule has 0 aromatic heterocycles. The van der Waals surface area contributed by atoms with Crippen molar-refractivity contribution < 1.29 is 18.0 Å². The molecule has 0 saturated carbocycles. The van der Waals surface area contributed by atoms with Gasteiger partial charge in [0.25, 0.3) is 5.12 Å². The second-order valence-electron chi connectivity index (χ2n) is 3.99. The van der Waals surface area contributed by atoms with Gasteiger partial charge < -0.3 is 5.73 Å². The molecule has 100 valence electrons. The second-order valence-corrected chi connectivity index (χ2v) is 6.94. The maximum atomic E-state index is 12.0. The average Bonchev–Trinajstić information content (AvgIpc) is 2.35. The summed E-state index contributed by atoms with van der Waals surface area (Å²) in [5, 5.41) is -1.02. The summed E-state index contributed by atoms with van der Waals surface area (Å²) >= 11 is 0.997. The quantitative estimate of drug-likeness (QED) is 0.829. The fourth-order valence-electron chi connectivity index (χ4n) is 1.84. The van der Waals surface area contributed by atoms with Gasteiger partial charge >= 0.3 is 0 Å². The van der Waals surface area contributed by atoms with E-state index in [9.17, 15) is 18.0 Å². The number of benzene rings is 1. The lowest BCUT2D eigenvalue weighted by Crippen LogP contribution is -2.22. The molecule has 1 aromatic rings. The molecule has 2 rings (SSSR count). The largest absolute Gasteiger partial charge is 0.366 e. The van der Waals surface area contributed by atoms with E-state index in [4.69, 9.17) is 5.73 Å². The third kappa shape index (κ3) is 2.08. The lowest BCUT2D eigenvalue weighted by molar-refractivity contribution is -0.108. The Morgan fingerprint density at radius 2 is 2.05 bits per heavy atom. The zero-order valence-corrected chi connectivity index (χ0v) is 11.7. The molecular formula is C12H11NO4S2. The highest BCUT2D eigenvalue weighted by atomic mass is 32.2. The number of rotatable bonds is 2. The fourth-order valence-corrected chi connectivity index (χ4v) is 4.55. The minimum Gasteiger partial charge on any atom is -0.366 e. The van der Waals surface area contributed by atoms with Gasteiger partial charge in [0.2, 0.25) is 15.7 Å². The second kappa shape index (κ2) is 4.50. The molecule has 1 aromatic carbocycles. The smallest absolute Gasteiger partial charge is 0.287 e. The maximum absolute atomic E-state index is 12.0. The molecule has 19 heavy (non-hydrogen) atoms. The first-order valence-corrected chi connectivity index (χ1v) is 7.72. The molecule has 1 amide bonds. The molecule has 0 atom stereocenters. The molecule has 0 bridgehead atoms. The van der Waals surface area contributed by atoms with E-state index in [1.807, 2.05) is 6.92 Å². The van der Waals surface area contributed by atoms with Crippen molar-refractivity contribution in [1.82, 2.24) is 0 Å². The lowest BCUT2D eigenvalue weighted by Gasteiger charge is -2.18. The van der Waals surface area contributed by atoms with Crippen molar-refractivity contribution in [3.05, 3.63) is 34.7 Å². The Bertz CT molecular complexity index is 719. The maximum Gasteiger partial charge on any atom is 0.287 e. The first-order valence-electron chi connectivity index (χ1n) is 5.42. The molecular weight excluding hydrogens is 286 g/mol. The first kappa shape index (κ1) is 13.8. The molecule has 0 aliphatic carbocycles. The van der Waals surface area contributed by atoms with Crippen LogP contribution in [0, 0.1) is 0 Å². The third-order valence-electron chi connectivity index (χ3n) is 2.81. The van der Waals surface area contributed by atoms with Gasteiger partial charge in [0.15, 0.2) is 0 Å². The van der Waals surface area contributed by atoms with E-state index in [0.29, 0.717) is 16.9 Å². The lowest BCUT2D eigenvalue weighted by atomic mass is 10.1. The topological polar surface area (TPSA) is 94.3 Å². The van der Waals surface area contributed by atoms with Crippen LogP contribution >= 0.6 is 11.8 Å². The van der Waals surface area contributed by atoms with Crippen LogP contribution < -0.4 is 5.73 Å². The normalized spacial score (nSPS) is 17.1. The van der Waals surface area contributed by atoms with E-state index in [-0.39, 0.29) is 15.4 Å². The predicted octanol–water partition coefficient (Wildman–Crippen LogP) is 1.27. The summed E-state index contributed by atoms with van der Waals surface area (Å²) in [4.78, 5) is 23.2. The van der Waals surface area contributed by atoms with Crippen molar-refractivity contribution in [3.8, 4) is 0 Å². The number of amides is 1. The van der Waals surface area contributed by atoms with Gasteiger partial charge in [-0.15, -0.1) is 0 Å². The van der Waals surface area contributed by atoms with Crippen molar-refractivity contribution >= 4 is 32.6 Å². The molecule has 1 aliphatic rings. The molecule has 0 spiro atoms. The predicted molar refractivity (Wildman–Crippen MR) is 71.5 cm³/mol. The van der Waals surface area contributed by atoms with E-state index < -0.39 is 20.9 Å². The van der Waals surface area contributed by atoms with E-state index in [2.05, 4.69) is 6.58 Å². The third-order valence-corrected chi connectivity index (χ3v) is 5.71. The number of nitrogens with two attached hydrogens (primary N) is 1. The molecule has 2 N–H and O–H groups in total. The van der Waals surface area contributed by atoms with E-state index in [1.165, 1.54) is 6.07 Å². The van der Waals surface area contributed by atoms with Crippen molar-refractivity contribution in [3.63, 3.8) is 0 Å². The highest BCUT2D eigenvalue weighted by Gasteiger charge is 2.36. The Labute approximate surface area is 114 Å². The van der Waals surface area contributed by atoms with Gasteiger partial charge in [-0.1, -0.05) is 25.3 Å². The number of carbonyl (C=O) groups is 2. The monoisotopic (exact) mass is 297 g/mol. The average molecular weight is 297 g/mol. The molecule has 0 radical (unpaired) electrons.